The lowest BCUT2D eigenvalue weighted by molar-refractivity contribution is 0.502. The average molecular weight is 335 g/mol. The maximum Gasteiger partial charge on any atom is 0.197 e. The van der Waals surface area contributed by atoms with Crippen molar-refractivity contribution >= 4 is 27.0 Å². The lowest BCUT2D eigenvalue weighted by Gasteiger charge is -2.10. The van der Waals surface area contributed by atoms with Crippen LogP contribution in [0.4, 0.5) is 4.39 Å². The van der Waals surface area contributed by atoms with E-state index >= 15 is 0 Å². The molecule has 3 nitrogen and oxygen atoms in total. The van der Waals surface area contributed by atoms with Crippen molar-refractivity contribution in [2.75, 3.05) is 0 Å². The topological polar surface area (TPSA) is 52.0 Å². The van der Waals surface area contributed by atoms with E-state index in [1.165, 1.54) is 6.07 Å². The van der Waals surface area contributed by atoms with Crippen LogP contribution >= 0.6 is 15.9 Å². The summed E-state index contributed by atoms with van der Waals surface area (Å²) >= 11 is 3.16. The number of hydrogen-bond donors (Lipinski definition) is 1. The van der Waals surface area contributed by atoms with E-state index in [-0.39, 0.29) is 11.9 Å². The Balaban J connectivity index is 1.84. The number of oxazole rings is 1. The maximum absolute atomic E-state index is 13.2. The zero-order valence-corrected chi connectivity index (χ0v) is 12.1. The number of halogens is 2. The third-order valence-electron chi connectivity index (χ3n) is 3.10. The number of fused-ring (bicyclic) bond motifs is 1. The summed E-state index contributed by atoms with van der Waals surface area (Å²) in [6.45, 7) is 0. The number of hydrogen-bond acceptors (Lipinski definition) is 3. The first-order chi connectivity index (χ1) is 9.63. The molecule has 102 valence electrons. The summed E-state index contributed by atoms with van der Waals surface area (Å²) in [7, 11) is 0. The molecule has 0 bridgehead atoms. The van der Waals surface area contributed by atoms with Crippen LogP contribution in [0.2, 0.25) is 0 Å². The number of aromatic nitrogens is 1. The van der Waals surface area contributed by atoms with Gasteiger partial charge in [-0.15, -0.1) is 0 Å². The second-order valence-corrected chi connectivity index (χ2v) is 5.41. The summed E-state index contributed by atoms with van der Waals surface area (Å²) < 4.78 is 19.3. The molecule has 0 saturated heterocycles. The lowest BCUT2D eigenvalue weighted by atomic mass is 10.0. The van der Waals surface area contributed by atoms with Crippen LogP contribution in [-0.4, -0.2) is 4.98 Å². The molecule has 3 aromatic rings. The quantitative estimate of drug-likeness (QED) is 0.788. The molecule has 1 atom stereocenters. The van der Waals surface area contributed by atoms with Gasteiger partial charge in [0.05, 0.1) is 4.47 Å². The van der Waals surface area contributed by atoms with Crippen LogP contribution in [0.1, 0.15) is 17.5 Å². The Kier molecular flexibility index (Phi) is 3.54. The largest absolute Gasteiger partial charge is 0.441 e. The molecular formula is C15H12BrFN2O. The van der Waals surface area contributed by atoms with Crippen molar-refractivity contribution in [2.45, 2.75) is 12.5 Å². The molecule has 1 unspecified atom stereocenters. The first-order valence-corrected chi connectivity index (χ1v) is 6.98. The molecule has 0 spiro atoms. The predicted molar refractivity (Wildman–Crippen MR) is 78.7 cm³/mol. The van der Waals surface area contributed by atoms with Crippen molar-refractivity contribution in [1.82, 2.24) is 4.98 Å². The van der Waals surface area contributed by atoms with Crippen molar-refractivity contribution in [3.63, 3.8) is 0 Å². The van der Waals surface area contributed by atoms with Crippen LogP contribution in [0.25, 0.3) is 11.1 Å². The van der Waals surface area contributed by atoms with Crippen LogP contribution in [0, 0.1) is 5.82 Å². The van der Waals surface area contributed by atoms with Gasteiger partial charge < -0.3 is 10.2 Å². The van der Waals surface area contributed by atoms with E-state index in [4.69, 9.17) is 10.2 Å². The molecule has 0 aliphatic heterocycles. The van der Waals surface area contributed by atoms with Crippen molar-refractivity contribution in [3.8, 4) is 0 Å². The van der Waals surface area contributed by atoms with E-state index in [0.717, 1.165) is 16.7 Å². The van der Waals surface area contributed by atoms with E-state index in [0.29, 0.717) is 16.8 Å². The maximum atomic E-state index is 13.2. The summed E-state index contributed by atoms with van der Waals surface area (Å²) in [5.74, 6) is 0.280. The van der Waals surface area contributed by atoms with Gasteiger partial charge in [-0.25, -0.2) is 9.37 Å². The molecular weight excluding hydrogens is 323 g/mol. The Labute approximate surface area is 123 Å². The van der Waals surface area contributed by atoms with E-state index in [1.807, 2.05) is 24.3 Å². The molecule has 1 aromatic heterocycles. The molecule has 0 radical (unpaired) electrons. The van der Waals surface area contributed by atoms with Gasteiger partial charge in [0.15, 0.2) is 11.5 Å². The molecule has 0 fully saturated rings. The number of rotatable bonds is 3. The van der Waals surface area contributed by atoms with Gasteiger partial charge in [0.1, 0.15) is 11.3 Å². The lowest BCUT2D eigenvalue weighted by Crippen LogP contribution is -2.13. The standard InChI is InChI=1S/C15H12BrFN2O/c16-10-7-9(5-6-11(10)17)12(18)8-15-19-13-3-1-2-4-14(13)20-15/h1-7,12H,8,18H2. The van der Waals surface area contributed by atoms with Crippen LogP contribution < -0.4 is 5.73 Å². The SMILES string of the molecule is NC(Cc1nc2ccccc2o1)c1ccc(F)c(Br)c1. The third-order valence-corrected chi connectivity index (χ3v) is 3.71. The van der Waals surface area contributed by atoms with Gasteiger partial charge in [-0.2, -0.15) is 0 Å². The van der Waals surface area contributed by atoms with Crippen molar-refractivity contribution in [1.29, 1.82) is 0 Å². The van der Waals surface area contributed by atoms with Crippen LogP contribution in [0.15, 0.2) is 51.4 Å². The van der Waals surface area contributed by atoms with Gasteiger partial charge in [-0.05, 0) is 45.8 Å². The van der Waals surface area contributed by atoms with Gasteiger partial charge in [-0.1, -0.05) is 18.2 Å². The normalized spacial score (nSPS) is 12.8. The zero-order valence-electron chi connectivity index (χ0n) is 10.5. The van der Waals surface area contributed by atoms with Crippen molar-refractivity contribution in [2.24, 2.45) is 5.73 Å². The Hall–Kier alpha value is -1.72. The van der Waals surface area contributed by atoms with Gasteiger partial charge in [0, 0.05) is 12.5 Å². The minimum Gasteiger partial charge on any atom is -0.441 e. The third kappa shape index (κ3) is 2.59. The highest BCUT2D eigenvalue weighted by Gasteiger charge is 2.13. The van der Waals surface area contributed by atoms with E-state index < -0.39 is 0 Å². The highest BCUT2D eigenvalue weighted by Crippen LogP contribution is 2.23. The average Bonchev–Trinajstić information content (AvgIpc) is 2.83. The second kappa shape index (κ2) is 5.34. The second-order valence-electron chi connectivity index (χ2n) is 4.56. The van der Waals surface area contributed by atoms with Crippen LogP contribution in [-0.2, 0) is 6.42 Å². The van der Waals surface area contributed by atoms with Gasteiger partial charge >= 0.3 is 0 Å². The fourth-order valence-corrected chi connectivity index (χ4v) is 2.45. The molecule has 0 saturated carbocycles. The molecule has 0 aliphatic rings. The van der Waals surface area contributed by atoms with Crippen molar-refractivity contribution < 1.29 is 8.81 Å². The Morgan fingerprint density at radius 1 is 1.25 bits per heavy atom. The monoisotopic (exact) mass is 334 g/mol. The molecule has 5 heteroatoms. The molecule has 1 heterocycles. The molecule has 3 rings (SSSR count). The number of nitrogens with two attached hydrogens (primary N) is 1. The highest BCUT2D eigenvalue weighted by molar-refractivity contribution is 9.10. The highest BCUT2D eigenvalue weighted by atomic mass is 79.9. The number of para-hydroxylation sites is 2. The zero-order chi connectivity index (χ0) is 14.1. The smallest absolute Gasteiger partial charge is 0.197 e. The first kappa shape index (κ1) is 13.3. The summed E-state index contributed by atoms with van der Waals surface area (Å²) in [6.07, 6.45) is 0.465. The Morgan fingerprint density at radius 3 is 2.80 bits per heavy atom. The molecule has 2 aromatic carbocycles. The molecule has 0 amide bonds. The predicted octanol–water partition coefficient (Wildman–Crippen LogP) is 3.97. The van der Waals surface area contributed by atoms with E-state index in [1.54, 1.807) is 12.1 Å². The van der Waals surface area contributed by atoms with E-state index in [2.05, 4.69) is 20.9 Å². The van der Waals surface area contributed by atoms with Crippen LogP contribution in [0.3, 0.4) is 0 Å². The summed E-state index contributed by atoms with van der Waals surface area (Å²) in [6, 6.07) is 12.0. The molecule has 20 heavy (non-hydrogen) atoms. The van der Waals surface area contributed by atoms with Crippen LogP contribution in [0.5, 0.6) is 0 Å². The number of benzene rings is 2. The Bertz CT molecular complexity index is 723. The first-order valence-electron chi connectivity index (χ1n) is 6.18. The summed E-state index contributed by atoms with van der Waals surface area (Å²) in [5, 5.41) is 0. The van der Waals surface area contributed by atoms with Crippen molar-refractivity contribution in [3.05, 3.63) is 64.2 Å². The van der Waals surface area contributed by atoms with Gasteiger partial charge in [0.25, 0.3) is 0 Å². The molecule has 0 aliphatic carbocycles. The minimum absolute atomic E-state index is 0.292. The summed E-state index contributed by atoms with van der Waals surface area (Å²) in [4.78, 5) is 4.39. The fourth-order valence-electron chi connectivity index (χ4n) is 2.06. The minimum atomic E-state index is -0.303. The van der Waals surface area contributed by atoms with Gasteiger partial charge in [0.2, 0.25) is 0 Å². The fraction of sp³-hybridized carbons (Fsp3) is 0.133. The Morgan fingerprint density at radius 2 is 2.05 bits per heavy atom. The molecule has 2 N–H and O–H groups in total. The number of nitrogens with zero attached hydrogens (tertiary/aromatic N) is 1. The summed E-state index contributed by atoms with van der Waals surface area (Å²) in [5.41, 5.74) is 8.52. The van der Waals surface area contributed by atoms with E-state index in [9.17, 15) is 4.39 Å². The van der Waals surface area contributed by atoms with Gasteiger partial charge in [-0.3, -0.25) is 0 Å².